The van der Waals surface area contributed by atoms with Crippen LogP contribution in [0.1, 0.15) is 11.7 Å². The predicted molar refractivity (Wildman–Crippen MR) is 114 cm³/mol. The highest BCUT2D eigenvalue weighted by atomic mass is 35.5. The second-order valence-corrected chi connectivity index (χ2v) is 7.51. The van der Waals surface area contributed by atoms with Crippen molar-refractivity contribution in [3.05, 3.63) is 90.8 Å². The minimum atomic E-state index is -0.508. The molecule has 1 unspecified atom stereocenters. The minimum absolute atomic E-state index is 0.0279. The van der Waals surface area contributed by atoms with Crippen LogP contribution < -0.4 is 10.5 Å². The lowest BCUT2D eigenvalue weighted by atomic mass is 10.1. The van der Waals surface area contributed by atoms with E-state index in [-0.39, 0.29) is 16.8 Å². The molecule has 2 aromatic carbocycles. The zero-order chi connectivity index (χ0) is 21.3. The van der Waals surface area contributed by atoms with Crippen LogP contribution in [-0.2, 0) is 4.74 Å². The Bertz CT molecular complexity index is 1130. The van der Waals surface area contributed by atoms with E-state index >= 15 is 0 Å². The van der Waals surface area contributed by atoms with E-state index in [4.69, 9.17) is 27.9 Å². The third-order valence-electron chi connectivity index (χ3n) is 4.85. The SMILES string of the molecule is O=c1c(Cl)c(N2CCOC(c3ccc(Cl)cc3)C2)cnn1-c1ccc([N+](=O)[O-])cc1. The van der Waals surface area contributed by atoms with Gasteiger partial charge in [0.15, 0.2) is 0 Å². The fourth-order valence-electron chi connectivity index (χ4n) is 3.29. The van der Waals surface area contributed by atoms with Crippen molar-refractivity contribution >= 4 is 34.6 Å². The fourth-order valence-corrected chi connectivity index (χ4v) is 3.67. The summed E-state index contributed by atoms with van der Waals surface area (Å²) in [7, 11) is 0. The van der Waals surface area contributed by atoms with Crippen LogP contribution in [0.15, 0.2) is 59.5 Å². The molecule has 3 aromatic rings. The summed E-state index contributed by atoms with van der Waals surface area (Å²) in [4.78, 5) is 25.1. The number of nitro benzene ring substituents is 1. The van der Waals surface area contributed by atoms with E-state index in [0.717, 1.165) is 10.2 Å². The van der Waals surface area contributed by atoms with Crippen LogP contribution in [0.4, 0.5) is 11.4 Å². The molecule has 0 spiro atoms. The largest absolute Gasteiger partial charge is 0.370 e. The molecule has 0 radical (unpaired) electrons. The van der Waals surface area contributed by atoms with E-state index < -0.39 is 10.5 Å². The maximum atomic E-state index is 12.8. The molecule has 0 bridgehead atoms. The minimum Gasteiger partial charge on any atom is -0.370 e. The van der Waals surface area contributed by atoms with E-state index in [1.807, 2.05) is 17.0 Å². The maximum Gasteiger partial charge on any atom is 0.292 e. The van der Waals surface area contributed by atoms with Gasteiger partial charge in [-0.1, -0.05) is 35.3 Å². The summed E-state index contributed by atoms with van der Waals surface area (Å²) in [5.74, 6) is 0. The lowest BCUT2D eigenvalue weighted by Crippen LogP contribution is -2.39. The quantitative estimate of drug-likeness (QED) is 0.443. The van der Waals surface area contributed by atoms with Gasteiger partial charge in [0.05, 0.1) is 29.1 Å². The number of halogens is 2. The Labute approximate surface area is 181 Å². The predicted octanol–water partition coefficient (Wildman–Crippen LogP) is 4.03. The number of rotatable bonds is 4. The average molecular weight is 447 g/mol. The van der Waals surface area contributed by atoms with Gasteiger partial charge in [0.25, 0.3) is 11.2 Å². The monoisotopic (exact) mass is 446 g/mol. The molecule has 1 saturated heterocycles. The molecule has 1 aliphatic rings. The standard InChI is InChI=1S/C20H16Cl2N4O4/c21-14-3-1-13(2-4-14)18-12-24(9-10-30-18)17-11-23-25(20(27)19(17)22)15-5-7-16(8-6-15)26(28)29/h1-8,11,18H,9-10,12H2. The number of benzene rings is 2. The molecule has 1 aliphatic heterocycles. The Morgan fingerprint density at radius 3 is 2.47 bits per heavy atom. The number of nitrogens with zero attached hydrogens (tertiary/aromatic N) is 4. The molecule has 1 atom stereocenters. The lowest BCUT2D eigenvalue weighted by Gasteiger charge is -2.34. The van der Waals surface area contributed by atoms with Crippen molar-refractivity contribution < 1.29 is 9.66 Å². The first kappa shape index (κ1) is 20.3. The topological polar surface area (TPSA) is 90.5 Å². The second kappa shape index (κ2) is 8.43. The van der Waals surface area contributed by atoms with Gasteiger partial charge in [-0.3, -0.25) is 14.9 Å². The third kappa shape index (κ3) is 4.02. The fraction of sp³-hybridized carbons (Fsp3) is 0.200. The molecule has 0 amide bonds. The molecule has 0 aliphatic carbocycles. The van der Waals surface area contributed by atoms with E-state index in [1.54, 1.807) is 12.1 Å². The Hall–Kier alpha value is -2.94. The maximum absolute atomic E-state index is 12.8. The summed E-state index contributed by atoms with van der Waals surface area (Å²) in [5, 5.41) is 15.7. The first-order valence-electron chi connectivity index (χ1n) is 9.09. The highest BCUT2D eigenvalue weighted by molar-refractivity contribution is 6.33. The average Bonchev–Trinajstić information content (AvgIpc) is 2.76. The Morgan fingerprint density at radius 1 is 1.10 bits per heavy atom. The highest BCUT2D eigenvalue weighted by Gasteiger charge is 2.25. The van der Waals surface area contributed by atoms with Crippen molar-refractivity contribution in [3.63, 3.8) is 0 Å². The number of non-ortho nitro benzene ring substituents is 1. The van der Waals surface area contributed by atoms with Gasteiger partial charge >= 0.3 is 0 Å². The van der Waals surface area contributed by atoms with Gasteiger partial charge in [0.1, 0.15) is 11.1 Å². The second-order valence-electron chi connectivity index (χ2n) is 6.69. The molecule has 10 heteroatoms. The molecule has 8 nitrogen and oxygen atoms in total. The lowest BCUT2D eigenvalue weighted by molar-refractivity contribution is -0.384. The van der Waals surface area contributed by atoms with Crippen molar-refractivity contribution in [3.8, 4) is 5.69 Å². The number of hydrogen-bond donors (Lipinski definition) is 0. The Morgan fingerprint density at radius 2 is 1.80 bits per heavy atom. The smallest absolute Gasteiger partial charge is 0.292 e. The normalized spacial score (nSPS) is 16.5. The summed E-state index contributed by atoms with van der Waals surface area (Å²) < 4.78 is 6.98. The number of morpholine rings is 1. The highest BCUT2D eigenvalue weighted by Crippen LogP contribution is 2.29. The van der Waals surface area contributed by atoms with E-state index in [1.165, 1.54) is 30.5 Å². The van der Waals surface area contributed by atoms with E-state index in [2.05, 4.69) is 5.10 Å². The first-order valence-corrected chi connectivity index (χ1v) is 9.84. The number of ether oxygens (including phenoxy) is 1. The molecule has 1 fully saturated rings. The molecule has 0 saturated carbocycles. The number of nitro groups is 1. The number of aromatic nitrogens is 2. The first-order chi connectivity index (χ1) is 14.4. The Balaban J connectivity index is 1.60. The van der Waals surface area contributed by atoms with Crippen LogP contribution in [0, 0.1) is 10.1 Å². The van der Waals surface area contributed by atoms with Crippen LogP contribution in [0.3, 0.4) is 0 Å². The molecular weight excluding hydrogens is 431 g/mol. The molecule has 30 heavy (non-hydrogen) atoms. The van der Waals surface area contributed by atoms with Crippen LogP contribution >= 0.6 is 23.2 Å². The summed E-state index contributed by atoms with van der Waals surface area (Å²) in [6, 6.07) is 12.9. The molecular formula is C20H16Cl2N4O4. The van der Waals surface area contributed by atoms with Gasteiger partial charge < -0.3 is 9.64 Å². The molecule has 2 heterocycles. The summed E-state index contributed by atoms with van der Waals surface area (Å²) in [6.45, 7) is 1.53. The van der Waals surface area contributed by atoms with Crippen molar-refractivity contribution in [2.24, 2.45) is 0 Å². The van der Waals surface area contributed by atoms with Crippen molar-refractivity contribution in [1.82, 2.24) is 9.78 Å². The van der Waals surface area contributed by atoms with Crippen LogP contribution in [0.2, 0.25) is 10.0 Å². The number of anilines is 1. The molecule has 1 aromatic heterocycles. The number of hydrogen-bond acceptors (Lipinski definition) is 6. The van der Waals surface area contributed by atoms with E-state index in [0.29, 0.717) is 36.1 Å². The van der Waals surface area contributed by atoms with Crippen LogP contribution in [-0.4, -0.2) is 34.4 Å². The summed E-state index contributed by atoms with van der Waals surface area (Å²) >= 11 is 12.4. The van der Waals surface area contributed by atoms with Crippen LogP contribution in [0.5, 0.6) is 0 Å². The zero-order valence-electron chi connectivity index (χ0n) is 15.6. The molecule has 154 valence electrons. The summed E-state index contributed by atoms with van der Waals surface area (Å²) in [6.07, 6.45) is 1.33. The van der Waals surface area contributed by atoms with Crippen LogP contribution in [0.25, 0.3) is 5.69 Å². The van der Waals surface area contributed by atoms with Crippen molar-refractivity contribution in [2.45, 2.75) is 6.10 Å². The van der Waals surface area contributed by atoms with Crippen molar-refractivity contribution in [1.29, 1.82) is 0 Å². The molecule has 4 rings (SSSR count). The van der Waals surface area contributed by atoms with Gasteiger partial charge in [-0.15, -0.1) is 0 Å². The van der Waals surface area contributed by atoms with Gasteiger partial charge in [-0.25, -0.2) is 0 Å². The third-order valence-corrected chi connectivity index (χ3v) is 5.46. The zero-order valence-corrected chi connectivity index (χ0v) is 17.1. The van der Waals surface area contributed by atoms with Crippen molar-refractivity contribution in [2.75, 3.05) is 24.6 Å². The van der Waals surface area contributed by atoms with Gasteiger partial charge in [-0.05, 0) is 29.8 Å². The van der Waals surface area contributed by atoms with Gasteiger partial charge in [0.2, 0.25) is 0 Å². The van der Waals surface area contributed by atoms with Gasteiger partial charge in [-0.2, -0.15) is 9.78 Å². The van der Waals surface area contributed by atoms with Gasteiger partial charge in [0, 0.05) is 30.2 Å². The summed E-state index contributed by atoms with van der Waals surface area (Å²) in [5.41, 5.74) is 1.31. The Kier molecular flexibility index (Phi) is 5.72. The molecule has 0 N–H and O–H groups in total. The van der Waals surface area contributed by atoms with E-state index in [9.17, 15) is 14.9 Å².